The van der Waals surface area contributed by atoms with Gasteiger partial charge in [0.2, 0.25) is 0 Å². The first kappa shape index (κ1) is 15.1. The number of halogens is 2. The quantitative estimate of drug-likeness (QED) is 0.929. The van der Waals surface area contributed by atoms with Crippen molar-refractivity contribution in [3.05, 3.63) is 29.3 Å². The fraction of sp³-hybridized carbons (Fsp3) is 0.562. The molecule has 1 N–H and O–H groups in total. The molecule has 2 aliphatic rings. The van der Waals surface area contributed by atoms with Crippen LogP contribution in [-0.4, -0.2) is 30.6 Å². The van der Waals surface area contributed by atoms with Gasteiger partial charge in [0.1, 0.15) is 5.75 Å². The zero-order chi connectivity index (χ0) is 15.5. The van der Waals surface area contributed by atoms with Crippen LogP contribution in [0.4, 0.5) is 13.6 Å². The molecule has 3 rings (SSSR count). The number of hydrogen-bond donors (Lipinski definition) is 1. The van der Waals surface area contributed by atoms with Gasteiger partial charge in [-0.3, -0.25) is 0 Å². The van der Waals surface area contributed by atoms with E-state index in [1.54, 1.807) is 18.2 Å². The van der Waals surface area contributed by atoms with Crippen molar-refractivity contribution in [2.75, 3.05) is 13.1 Å². The van der Waals surface area contributed by atoms with Crippen molar-refractivity contribution in [2.24, 2.45) is 0 Å². The fourth-order valence-electron chi connectivity index (χ4n) is 3.28. The molecule has 4 nitrogen and oxygen atoms in total. The molecule has 22 heavy (non-hydrogen) atoms. The second-order valence-electron chi connectivity index (χ2n) is 5.83. The van der Waals surface area contributed by atoms with E-state index in [4.69, 9.17) is 0 Å². The van der Waals surface area contributed by atoms with E-state index in [0.717, 1.165) is 56.3 Å². The zero-order valence-corrected chi connectivity index (χ0v) is 12.4. The molecule has 0 bridgehead atoms. The summed E-state index contributed by atoms with van der Waals surface area (Å²) in [6.07, 6.45) is 4.75. The number of benzene rings is 1. The van der Waals surface area contributed by atoms with E-state index < -0.39 is 6.61 Å². The molecule has 0 aromatic heterocycles. The monoisotopic (exact) mass is 310 g/mol. The number of carbonyl (C=O) groups is 1. The van der Waals surface area contributed by atoms with Crippen LogP contribution in [0.25, 0.3) is 0 Å². The van der Waals surface area contributed by atoms with Crippen molar-refractivity contribution in [2.45, 2.75) is 44.8 Å². The van der Waals surface area contributed by atoms with E-state index in [-0.39, 0.29) is 17.8 Å². The Kier molecular flexibility index (Phi) is 4.45. The number of amides is 2. The van der Waals surface area contributed by atoms with Gasteiger partial charge in [-0.15, -0.1) is 0 Å². The normalized spacial score (nSPS) is 20.9. The molecule has 0 radical (unpaired) electrons. The molecular weight excluding hydrogens is 290 g/mol. The minimum atomic E-state index is -2.81. The topological polar surface area (TPSA) is 41.6 Å². The summed E-state index contributed by atoms with van der Waals surface area (Å²) < 4.78 is 29.0. The molecule has 1 heterocycles. The average molecular weight is 310 g/mol. The van der Waals surface area contributed by atoms with Gasteiger partial charge in [-0.25, -0.2) is 4.79 Å². The second-order valence-corrected chi connectivity index (χ2v) is 5.83. The number of nitrogens with one attached hydrogen (secondary N) is 1. The van der Waals surface area contributed by atoms with E-state index in [2.05, 4.69) is 10.1 Å². The van der Waals surface area contributed by atoms with Crippen molar-refractivity contribution in [3.8, 4) is 5.75 Å². The summed E-state index contributed by atoms with van der Waals surface area (Å²) in [4.78, 5) is 14.1. The van der Waals surface area contributed by atoms with Gasteiger partial charge in [0.15, 0.2) is 0 Å². The van der Waals surface area contributed by atoms with Crippen LogP contribution in [0.1, 0.15) is 42.9 Å². The first-order valence-electron chi connectivity index (χ1n) is 7.76. The standard InChI is InChI=1S/C16H20F2N2O2/c17-15(18)22-12-6-7-13-11(10-12)4-3-5-14(13)19-16(21)20-8-1-2-9-20/h6-7,10,14-15H,1-5,8-9H2,(H,19,21)/t14-/m0/s1. The van der Waals surface area contributed by atoms with Crippen molar-refractivity contribution < 1.29 is 18.3 Å². The molecule has 120 valence electrons. The highest BCUT2D eigenvalue weighted by Crippen LogP contribution is 2.32. The number of nitrogens with zero attached hydrogens (tertiary/aromatic N) is 1. The van der Waals surface area contributed by atoms with Crippen LogP contribution < -0.4 is 10.1 Å². The fourth-order valence-corrected chi connectivity index (χ4v) is 3.28. The second kappa shape index (κ2) is 6.50. The molecule has 2 amide bonds. The summed E-state index contributed by atoms with van der Waals surface area (Å²) in [6, 6.07) is 4.93. The molecule has 0 saturated carbocycles. The number of aryl methyl sites for hydroxylation is 1. The van der Waals surface area contributed by atoms with Gasteiger partial charge in [-0.2, -0.15) is 8.78 Å². The molecule has 6 heteroatoms. The molecule has 0 unspecified atom stereocenters. The SMILES string of the molecule is O=C(N[C@H]1CCCc2cc(OC(F)F)ccc21)N1CCCC1. The molecule has 1 atom stereocenters. The molecule has 1 aliphatic heterocycles. The first-order valence-corrected chi connectivity index (χ1v) is 7.76. The number of alkyl halides is 2. The van der Waals surface area contributed by atoms with Crippen LogP contribution in [0.5, 0.6) is 5.75 Å². The van der Waals surface area contributed by atoms with Crippen LogP contribution in [-0.2, 0) is 6.42 Å². The van der Waals surface area contributed by atoms with E-state index in [9.17, 15) is 13.6 Å². The lowest BCUT2D eigenvalue weighted by atomic mass is 9.87. The number of hydrogen-bond acceptors (Lipinski definition) is 2. The van der Waals surface area contributed by atoms with Gasteiger partial charge >= 0.3 is 12.6 Å². The van der Waals surface area contributed by atoms with E-state index >= 15 is 0 Å². The lowest BCUT2D eigenvalue weighted by molar-refractivity contribution is -0.0499. The minimum absolute atomic E-state index is 0.0248. The highest BCUT2D eigenvalue weighted by Gasteiger charge is 2.25. The molecule has 1 aromatic rings. The molecule has 1 saturated heterocycles. The number of likely N-dealkylation sites (tertiary alicyclic amines) is 1. The van der Waals surface area contributed by atoms with Crippen LogP contribution in [0, 0.1) is 0 Å². The minimum Gasteiger partial charge on any atom is -0.435 e. The summed E-state index contributed by atoms with van der Waals surface area (Å²) >= 11 is 0. The smallest absolute Gasteiger partial charge is 0.387 e. The van der Waals surface area contributed by atoms with Gasteiger partial charge in [0.25, 0.3) is 0 Å². The average Bonchev–Trinajstić information content (AvgIpc) is 3.01. The number of ether oxygens (including phenoxy) is 1. The largest absolute Gasteiger partial charge is 0.435 e. The maximum atomic E-state index is 12.3. The van der Waals surface area contributed by atoms with Gasteiger partial charge < -0.3 is 15.0 Å². The summed E-state index contributed by atoms with van der Waals surface area (Å²) in [7, 11) is 0. The lowest BCUT2D eigenvalue weighted by Crippen LogP contribution is -2.40. The van der Waals surface area contributed by atoms with Crippen LogP contribution in [0.2, 0.25) is 0 Å². The lowest BCUT2D eigenvalue weighted by Gasteiger charge is -2.28. The summed E-state index contributed by atoms with van der Waals surface area (Å²) in [5, 5.41) is 3.08. The Labute approximate surface area is 128 Å². The first-order chi connectivity index (χ1) is 10.6. The molecule has 0 spiro atoms. The molecular formula is C16H20F2N2O2. The number of urea groups is 1. The maximum Gasteiger partial charge on any atom is 0.387 e. The molecule has 1 aliphatic carbocycles. The van der Waals surface area contributed by atoms with E-state index in [1.807, 2.05) is 4.90 Å². The zero-order valence-electron chi connectivity index (χ0n) is 12.4. The predicted octanol–water partition coefficient (Wildman–Crippen LogP) is 3.47. The van der Waals surface area contributed by atoms with Crippen LogP contribution >= 0.6 is 0 Å². The van der Waals surface area contributed by atoms with E-state index in [1.165, 1.54) is 0 Å². The van der Waals surface area contributed by atoms with E-state index in [0.29, 0.717) is 0 Å². The van der Waals surface area contributed by atoms with Crippen LogP contribution in [0.15, 0.2) is 18.2 Å². The Bertz CT molecular complexity index is 545. The summed E-state index contributed by atoms with van der Waals surface area (Å²) in [6.45, 7) is -1.19. The maximum absolute atomic E-state index is 12.3. The Balaban J connectivity index is 1.72. The highest BCUT2D eigenvalue weighted by atomic mass is 19.3. The number of rotatable bonds is 3. The van der Waals surface area contributed by atoms with Crippen molar-refractivity contribution >= 4 is 6.03 Å². The van der Waals surface area contributed by atoms with Crippen molar-refractivity contribution in [1.29, 1.82) is 0 Å². The molecule has 1 fully saturated rings. The summed E-state index contributed by atoms with van der Waals surface area (Å²) in [5.41, 5.74) is 2.00. The Morgan fingerprint density at radius 1 is 1.27 bits per heavy atom. The van der Waals surface area contributed by atoms with Crippen molar-refractivity contribution in [1.82, 2.24) is 10.2 Å². The third kappa shape index (κ3) is 3.31. The predicted molar refractivity (Wildman–Crippen MR) is 78.1 cm³/mol. The third-order valence-electron chi connectivity index (χ3n) is 4.34. The highest BCUT2D eigenvalue weighted by molar-refractivity contribution is 5.75. The summed E-state index contributed by atoms with van der Waals surface area (Å²) in [5.74, 6) is 0.181. The Morgan fingerprint density at radius 3 is 2.77 bits per heavy atom. The Morgan fingerprint density at radius 2 is 2.05 bits per heavy atom. The Hall–Kier alpha value is -1.85. The number of carbonyl (C=O) groups excluding carboxylic acids is 1. The van der Waals surface area contributed by atoms with Gasteiger partial charge in [0, 0.05) is 13.1 Å². The van der Waals surface area contributed by atoms with Crippen molar-refractivity contribution in [3.63, 3.8) is 0 Å². The van der Waals surface area contributed by atoms with Crippen LogP contribution in [0.3, 0.4) is 0 Å². The third-order valence-corrected chi connectivity index (χ3v) is 4.34. The van der Waals surface area contributed by atoms with Gasteiger partial charge in [-0.05, 0) is 55.4 Å². The number of fused-ring (bicyclic) bond motifs is 1. The molecule has 1 aromatic carbocycles. The van der Waals surface area contributed by atoms with Gasteiger partial charge in [-0.1, -0.05) is 6.07 Å². The van der Waals surface area contributed by atoms with Gasteiger partial charge in [0.05, 0.1) is 6.04 Å².